The van der Waals surface area contributed by atoms with Crippen LogP contribution >= 0.6 is 0 Å². The Bertz CT molecular complexity index is 796. The molecule has 0 aliphatic rings. The summed E-state index contributed by atoms with van der Waals surface area (Å²) in [6.45, 7) is 26.4. The van der Waals surface area contributed by atoms with Gasteiger partial charge in [-0.1, -0.05) is 99.6 Å². The number of Topliss-reactive ketones (excluding diaryl/α,β-unsaturated/α-hetero) is 1. The molecule has 0 bridgehead atoms. The van der Waals surface area contributed by atoms with Crippen molar-refractivity contribution < 1.29 is 14.6 Å². The van der Waals surface area contributed by atoms with Crippen molar-refractivity contribution in [1.82, 2.24) is 0 Å². The lowest BCUT2D eigenvalue weighted by atomic mass is 9.96. The summed E-state index contributed by atoms with van der Waals surface area (Å²) in [6.07, 6.45) is 16.1. The summed E-state index contributed by atoms with van der Waals surface area (Å²) in [4.78, 5) is 12.0. The highest BCUT2D eigenvalue weighted by Crippen LogP contribution is 2.17. The number of ketones is 1. The van der Waals surface area contributed by atoms with Gasteiger partial charge in [-0.25, -0.2) is 0 Å². The first-order valence-electron chi connectivity index (χ1n) is 13.2. The van der Waals surface area contributed by atoms with Crippen molar-refractivity contribution in [2.24, 2.45) is 11.3 Å². The van der Waals surface area contributed by atoms with Gasteiger partial charge in [-0.3, -0.25) is 4.79 Å². The zero-order valence-corrected chi connectivity index (χ0v) is 25.0. The molecule has 1 aromatic rings. The van der Waals surface area contributed by atoms with Gasteiger partial charge in [0.1, 0.15) is 11.5 Å². The van der Waals surface area contributed by atoms with Crippen LogP contribution in [0, 0.1) is 11.3 Å². The van der Waals surface area contributed by atoms with Crippen LogP contribution in [-0.2, 0) is 4.74 Å². The highest BCUT2D eigenvalue weighted by atomic mass is 16.5. The first-order valence-corrected chi connectivity index (χ1v) is 13.2. The maximum atomic E-state index is 12.0. The topological polar surface area (TPSA) is 46.5 Å². The number of benzene rings is 1. The summed E-state index contributed by atoms with van der Waals surface area (Å²) < 4.78 is 5.18. The summed E-state index contributed by atoms with van der Waals surface area (Å²) >= 11 is 0. The molecule has 1 rings (SSSR count). The predicted octanol–water partition coefficient (Wildman–Crippen LogP) is 10.6. The second kappa shape index (κ2) is 23.9. The first-order chi connectivity index (χ1) is 16.9. The minimum Gasteiger partial charge on any atom is -0.508 e. The second-order valence-electron chi connectivity index (χ2n) is 9.60. The summed E-state index contributed by atoms with van der Waals surface area (Å²) in [5, 5.41) is 9.15. The SMILES string of the molecule is C/C=C(\CCCC)C(=O)c1ccc(O)cc1.C=COC(/C=C\C)=C/C=C/C(C)(C)C.CC.CC(C)C. The third kappa shape index (κ3) is 24.3. The smallest absolute Gasteiger partial charge is 0.188 e. The molecular formula is C33H54O3. The van der Waals surface area contributed by atoms with Gasteiger partial charge in [0.05, 0.1) is 6.26 Å². The minimum absolute atomic E-state index is 0.0657. The molecule has 0 atom stereocenters. The molecular weight excluding hydrogens is 444 g/mol. The predicted molar refractivity (Wildman–Crippen MR) is 160 cm³/mol. The van der Waals surface area contributed by atoms with Crippen molar-refractivity contribution in [1.29, 1.82) is 0 Å². The molecule has 3 heteroatoms. The number of hydrogen-bond donors (Lipinski definition) is 1. The Morgan fingerprint density at radius 1 is 1.08 bits per heavy atom. The Morgan fingerprint density at radius 3 is 2.00 bits per heavy atom. The van der Waals surface area contributed by atoms with Gasteiger partial charge in [0, 0.05) is 5.56 Å². The Hall–Kier alpha value is -2.81. The quantitative estimate of drug-likeness (QED) is 0.159. The number of unbranched alkanes of at least 4 members (excludes halogenated alkanes) is 1. The van der Waals surface area contributed by atoms with Crippen LogP contribution in [0.2, 0.25) is 0 Å². The second-order valence-corrected chi connectivity index (χ2v) is 9.60. The number of hydrogen-bond acceptors (Lipinski definition) is 3. The van der Waals surface area contributed by atoms with Gasteiger partial charge in [-0.15, -0.1) is 0 Å². The van der Waals surface area contributed by atoms with Crippen molar-refractivity contribution in [2.45, 2.75) is 95.4 Å². The Labute approximate surface area is 223 Å². The average Bonchev–Trinajstić information content (AvgIpc) is 2.81. The monoisotopic (exact) mass is 498 g/mol. The fourth-order valence-electron chi connectivity index (χ4n) is 2.38. The number of carbonyl (C=O) groups is 1. The maximum absolute atomic E-state index is 12.0. The zero-order chi connectivity index (χ0) is 28.6. The van der Waals surface area contributed by atoms with Crippen LogP contribution in [0.3, 0.4) is 0 Å². The van der Waals surface area contributed by atoms with Gasteiger partial charge in [0.15, 0.2) is 5.78 Å². The number of phenols is 1. The number of allylic oxidation sites excluding steroid dienone is 7. The summed E-state index contributed by atoms with van der Waals surface area (Å²) in [7, 11) is 0. The standard InChI is InChI=1S/C14H18O2.C13H20O.C4H10.C2H6/c1-3-5-6-11(4-2)14(16)12-7-9-13(15)10-8-12;1-6-9-12(14-7-2)10-8-11-13(3,4)5;1-4(2)3;1-2/h4,7-10,15H,3,5-6H2,1-2H3;6-11H,2H2,1,3-5H3;4H,1-3H3;1-2H3/b11-4+;9-6-,11-8+,12-10+;;. The molecule has 0 saturated carbocycles. The van der Waals surface area contributed by atoms with E-state index < -0.39 is 0 Å². The summed E-state index contributed by atoms with van der Waals surface area (Å²) in [6, 6.07) is 6.40. The number of rotatable bonds is 9. The van der Waals surface area contributed by atoms with Crippen LogP contribution in [0.1, 0.15) is 106 Å². The third-order valence-electron chi connectivity index (χ3n) is 3.98. The number of ether oxygens (including phenoxy) is 1. The highest BCUT2D eigenvalue weighted by Gasteiger charge is 2.10. The molecule has 204 valence electrons. The van der Waals surface area contributed by atoms with E-state index in [0.29, 0.717) is 5.56 Å². The molecule has 0 aromatic heterocycles. The number of aromatic hydroxyl groups is 1. The van der Waals surface area contributed by atoms with E-state index in [1.165, 1.54) is 6.26 Å². The van der Waals surface area contributed by atoms with Gasteiger partial charge in [0.2, 0.25) is 0 Å². The van der Waals surface area contributed by atoms with Gasteiger partial charge in [-0.2, -0.15) is 0 Å². The van der Waals surface area contributed by atoms with Crippen molar-refractivity contribution in [3.63, 3.8) is 0 Å². The molecule has 0 spiro atoms. The number of phenolic OH excluding ortho intramolecular Hbond substituents is 1. The molecule has 3 nitrogen and oxygen atoms in total. The fourth-order valence-corrected chi connectivity index (χ4v) is 2.38. The molecule has 36 heavy (non-hydrogen) atoms. The number of carbonyl (C=O) groups excluding carboxylic acids is 1. The van der Waals surface area contributed by atoms with Crippen molar-refractivity contribution in [2.75, 3.05) is 0 Å². The highest BCUT2D eigenvalue weighted by molar-refractivity contribution is 6.08. The lowest BCUT2D eigenvalue weighted by Gasteiger charge is -2.10. The van der Waals surface area contributed by atoms with Crippen molar-refractivity contribution in [3.8, 4) is 5.75 Å². The first kappa shape index (κ1) is 37.7. The van der Waals surface area contributed by atoms with Crippen LogP contribution in [0.5, 0.6) is 5.75 Å². The molecule has 0 heterocycles. The van der Waals surface area contributed by atoms with Crippen LogP contribution in [-0.4, -0.2) is 10.9 Å². The van der Waals surface area contributed by atoms with Gasteiger partial charge in [0.25, 0.3) is 0 Å². The van der Waals surface area contributed by atoms with Gasteiger partial charge >= 0.3 is 0 Å². The van der Waals surface area contributed by atoms with E-state index >= 15 is 0 Å². The molecule has 0 aliphatic carbocycles. The lowest BCUT2D eigenvalue weighted by molar-refractivity contribution is 0.103. The van der Waals surface area contributed by atoms with E-state index in [-0.39, 0.29) is 16.9 Å². The maximum Gasteiger partial charge on any atom is 0.188 e. The fraction of sp³-hybridized carbons (Fsp3) is 0.485. The van der Waals surface area contributed by atoms with Crippen LogP contribution in [0.25, 0.3) is 0 Å². The largest absolute Gasteiger partial charge is 0.508 e. The van der Waals surface area contributed by atoms with Gasteiger partial charge < -0.3 is 9.84 Å². The summed E-state index contributed by atoms with van der Waals surface area (Å²) in [5.41, 5.74) is 1.70. The van der Waals surface area contributed by atoms with E-state index in [1.54, 1.807) is 24.3 Å². The Kier molecular flexibility index (Phi) is 25.1. The Balaban J connectivity index is -0.000000500. The van der Waals surface area contributed by atoms with E-state index in [9.17, 15) is 4.79 Å². The van der Waals surface area contributed by atoms with E-state index in [2.05, 4.69) is 61.1 Å². The third-order valence-corrected chi connectivity index (χ3v) is 3.98. The normalized spacial score (nSPS) is 11.7. The molecule has 0 amide bonds. The lowest BCUT2D eigenvalue weighted by Crippen LogP contribution is -2.03. The van der Waals surface area contributed by atoms with E-state index in [1.807, 2.05) is 58.1 Å². The molecule has 0 unspecified atom stereocenters. The van der Waals surface area contributed by atoms with E-state index in [4.69, 9.17) is 9.84 Å². The molecule has 1 N–H and O–H groups in total. The van der Waals surface area contributed by atoms with Crippen LogP contribution in [0.4, 0.5) is 0 Å². The van der Waals surface area contributed by atoms with Crippen molar-refractivity contribution >= 4 is 5.78 Å². The van der Waals surface area contributed by atoms with Crippen LogP contribution < -0.4 is 0 Å². The summed E-state index contributed by atoms with van der Waals surface area (Å²) in [5.74, 6) is 1.88. The molecule has 0 radical (unpaired) electrons. The molecule has 0 aliphatic heterocycles. The Morgan fingerprint density at radius 2 is 1.61 bits per heavy atom. The van der Waals surface area contributed by atoms with Crippen LogP contribution in [0.15, 0.2) is 84.9 Å². The molecule has 0 saturated heterocycles. The van der Waals surface area contributed by atoms with Crippen molar-refractivity contribution in [3.05, 3.63) is 90.5 Å². The zero-order valence-electron chi connectivity index (χ0n) is 25.0. The minimum atomic E-state index is 0.0657. The van der Waals surface area contributed by atoms with Gasteiger partial charge in [-0.05, 0) is 80.0 Å². The molecule has 0 fully saturated rings. The average molecular weight is 499 g/mol. The van der Waals surface area contributed by atoms with E-state index in [0.717, 1.165) is 36.5 Å². The molecule has 1 aromatic carbocycles.